The third-order valence-corrected chi connectivity index (χ3v) is 8.75. The molecule has 2 aromatic carbocycles. The molecule has 2 N–H and O–H groups in total. The van der Waals surface area contributed by atoms with Gasteiger partial charge in [0.15, 0.2) is 0 Å². The summed E-state index contributed by atoms with van der Waals surface area (Å²) in [5, 5.41) is 6.03. The molecule has 2 heterocycles. The van der Waals surface area contributed by atoms with Crippen LogP contribution in [0.25, 0.3) is 0 Å². The molecule has 1 aliphatic carbocycles. The van der Waals surface area contributed by atoms with Crippen LogP contribution in [0, 0.1) is 0 Å². The van der Waals surface area contributed by atoms with Crippen LogP contribution in [0.1, 0.15) is 65.1 Å². The molecule has 1 fully saturated rings. The van der Waals surface area contributed by atoms with Crippen LogP contribution in [0.3, 0.4) is 0 Å². The lowest BCUT2D eigenvalue weighted by atomic mass is 9.62. The maximum Gasteiger partial charge on any atom is 0.307 e. The van der Waals surface area contributed by atoms with Crippen LogP contribution in [-0.4, -0.2) is 73.5 Å². The number of carbonyl (C=O) groups is 4. The molecule has 10 nitrogen and oxygen atoms in total. The number of likely N-dealkylation sites (tertiary alicyclic amines) is 1. The summed E-state index contributed by atoms with van der Waals surface area (Å²) in [6.45, 7) is 1.19. The summed E-state index contributed by atoms with van der Waals surface area (Å²) < 4.78 is 9.96. The largest absolute Gasteiger partial charge is 0.480 e. The fraction of sp³-hybridized carbons (Fsp3) is 0.382. The number of hydrogen-bond donors (Lipinski definition) is 2. The van der Waals surface area contributed by atoms with Gasteiger partial charge in [0, 0.05) is 31.9 Å². The van der Waals surface area contributed by atoms with Crippen LogP contribution in [0.5, 0.6) is 5.88 Å². The molecule has 0 saturated carbocycles. The number of pyridine rings is 1. The van der Waals surface area contributed by atoms with Gasteiger partial charge in [0.1, 0.15) is 5.56 Å². The van der Waals surface area contributed by atoms with Crippen molar-refractivity contribution in [1.82, 2.24) is 20.5 Å². The van der Waals surface area contributed by atoms with Gasteiger partial charge >= 0.3 is 5.97 Å². The van der Waals surface area contributed by atoms with Crippen LogP contribution < -0.4 is 15.4 Å². The third-order valence-electron chi connectivity index (χ3n) is 8.75. The Morgan fingerprint density at radius 1 is 0.933 bits per heavy atom. The summed E-state index contributed by atoms with van der Waals surface area (Å²) in [7, 11) is 2.80. The molecule has 5 rings (SSSR count). The number of aromatic nitrogens is 1. The van der Waals surface area contributed by atoms with Crippen LogP contribution in [0.4, 0.5) is 0 Å². The fourth-order valence-electron chi connectivity index (χ4n) is 6.47. The van der Waals surface area contributed by atoms with Crippen LogP contribution >= 0.6 is 13.5 Å². The van der Waals surface area contributed by atoms with E-state index >= 15 is 0 Å². The monoisotopic (exact) mass is 632 g/mol. The molecule has 3 aromatic rings. The second kappa shape index (κ2) is 15.1. The molecule has 3 amide bonds. The summed E-state index contributed by atoms with van der Waals surface area (Å²) in [5.74, 6) is -0.928. The summed E-state index contributed by atoms with van der Waals surface area (Å²) in [5.41, 5.74) is 1.86. The van der Waals surface area contributed by atoms with Crippen molar-refractivity contribution in [2.75, 3.05) is 33.9 Å². The van der Waals surface area contributed by atoms with Gasteiger partial charge in [-0.15, -0.1) is 0 Å². The first-order chi connectivity index (χ1) is 21.4. The van der Waals surface area contributed by atoms with Gasteiger partial charge in [-0.25, -0.2) is 4.98 Å². The van der Waals surface area contributed by atoms with Crippen molar-refractivity contribution in [3.05, 3.63) is 95.2 Å². The molecule has 1 aromatic heterocycles. The number of amides is 3. The van der Waals surface area contributed by atoms with Crippen molar-refractivity contribution < 1.29 is 28.7 Å². The maximum absolute atomic E-state index is 14.0. The van der Waals surface area contributed by atoms with Crippen molar-refractivity contribution in [3.63, 3.8) is 0 Å². The molecule has 238 valence electrons. The Morgan fingerprint density at radius 2 is 1.64 bits per heavy atom. The highest BCUT2D eigenvalue weighted by molar-refractivity contribution is 7.59. The summed E-state index contributed by atoms with van der Waals surface area (Å²) in [6.07, 6.45) is 3.84. The number of piperidine rings is 1. The SMILES string of the molecule is COC(=O)CCNC(=O)[C@@]1(c2ccccc2)CC[C@H](C(=O)N2CCC(NC(=O)c3cccnc3OC)CC2)c2ccccc21.S. The lowest BCUT2D eigenvalue weighted by Gasteiger charge is -2.42. The predicted octanol–water partition coefficient (Wildman–Crippen LogP) is 3.47. The summed E-state index contributed by atoms with van der Waals surface area (Å²) in [6, 6.07) is 20.6. The number of rotatable bonds is 9. The van der Waals surface area contributed by atoms with Gasteiger partial charge in [-0.3, -0.25) is 19.2 Å². The van der Waals surface area contributed by atoms with Crippen molar-refractivity contribution in [3.8, 4) is 5.88 Å². The zero-order valence-electron chi connectivity index (χ0n) is 25.6. The normalized spacial score (nSPS) is 19.3. The lowest BCUT2D eigenvalue weighted by Crippen LogP contribution is -2.51. The number of hydrogen-bond acceptors (Lipinski definition) is 7. The molecule has 11 heteroatoms. The zero-order chi connectivity index (χ0) is 31.1. The van der Waals surface area contributed by atoms with E-state index < -0.39 is 17.3 Å². The second-order valence-corrected chi connectivity index (χ2v) is 11.2. The van der Waals surface area contributed by atoms with Crippen LogP contribution in [-0.2, 0) is 24.5 Å². The van der Waals surface area contributed by atoms with Crippen LogP contribution in [0.2, 0.25) is 0 Å². The van der Waals surface area contributed by atoms with E-state index in [9.17, 15) is 19.2 Å². The summed E-state index contributed by atoms with van der Waals surface area (Å²) in [4.78, 5) is 58.6. The van der Waals surface area contributed by atoms with Gasteiger partial charge in [-0.1, -0.05) is 54.6 Å². The van der Waals surface area contributed by atoms with E-state index in [-0.39, 0.29) is 56.1 Å². The molecule has 45 heavy (non-hydrogen) atoms. The number of ether oxygens (including phenoxy) is 2. The minimum absolute atomic E-state index is 0. The standard InChI is InChI=1S/C34H38N4O6.H2S/c1-43-29(39)15-20-36-33(42)34(23-9-4-3-5-10-23)18-14-26(25-11-6-7-13-28(25)34)32(41)38-21-16-24(17-22-38)37-30(40)27-12-8-19-35-31(27)44-2;/h3-13,19,24,26H,14-18,20-22H2,1-2H3,(H,36,42)(H,37,40);1H2/t26-,34+;/m0./s1. The Balaban J connectivity index is 0.00000461. The molecule has 0 bridgehead atoms. The van der Waals surface area contributed by atoms with Gasteiger partial charge < -0.3 is 25.0 Å². The summed E-state index contributed by atoms with van der Waals surface area (Å²) >= 11 is 0. The van der Waals surface area contributed by atoms with Gasteiger partial charge in [0.2, 0.25) is 17.7 Å². The highest BCUT2D eigenvalue weighted by atomic mass is 32.1. The minimum atomic E-state index is -1.00. The second-order valence-electron chi connectivity index (χ2n) is 11.2. The first kappa shape index (κ1) is 33.5. The van der Waals surface area contributed by atoms with Gasteiger partial charge in [0.25, 0.3) is 5.91 Å². The zero-order valence-corrected chi connectivity index (χ0v) is 26.6. The Hall–Kier alpha value is -4.38. The Morgan fingerprint density at radius 3 is 2.36 bits per heavy atom. The van der Waals surface area contributed by atoms with E-state index in [0.29, 0.717) is 44.3 Å². The number of nitrogens with zero attached hydrogens (tertiary/aromatic N) is 2. The van der Waals surface area contributed by atoms with Crippen molar-refractivity contribution in [2.45, 2.75) is 49.5 Å². The van der Waals surface area contributed by atoms with Crippen molar-refractivity contribution in [1.29, 1.82) is 0 Å². The third kappa shape index (κ3) is 6.98. The number of carbonyl (C=O) groups excluding carboxylic acids is 4. The maximum atomic E-state index is 14.0. The van der Waals surface area contributed by atoms with E-state index in [0.717, 1.165) is 16.7 Å². The predicted molar refractivity (Wildman–Crippen MR) is 174 cm³/mol. The molecule has 0 unspecified atom stereocenters. The Bertz CT molecular complexity index is 1510. The van der Waals surface area contributed by atoms with Crippen molar-refractivity contribution >= 4 is 37.2 Å². The van der Waals surface area contributed by atoms with E-state index in [2.05, 4.69) is 15.6 Å². The molecule has 2 aliphatic rings. The number of nitrogens with one attached hydrogen (secondary N) is 2. The van der Waals surface area contributed by atoms with Gasteiger partial charge in [-0.05, 0) is 54.5 Å². The number of benzene rings is 2. The smallest absolute Gasteiger partial charge is 0.307 e. The number of esters is 1. The fourth-order valence-corrected chi connectivity index (χ4v) is 6.47. The van der Waals surface area contributed by atoms with Gasteiger partial charge in [-0.2, -0.15) is 13.5 Å². The van der Waals surface area contributed by atoms with Crippen molar-refractivity contribution in [2.24, 2.45) is 0 Å². The van der Waals surface area contributed by atoms with Crippen LogP contribution in [0.15, 0.2) is 72.9 Å². The number of methoxy groups -OCH3 is 2. The first-order valence-electron chi connectivity index (χ1n) is 15.0. The first-order valence-corrected chi connectivity index (χ1v) is 15.0. The average molecular weight is 633 g/mol. The minimum Gasteiger partial charge on any atom is -0.480 e. The van der Waals surface area contributed by atoms with E-state index in [4.69, 9.17) is 9.47 Å². The molecular formula is C34H40N4O6S. The highest BCUT2D eigenvalue weighted by Gasteiger charge is 2.48. The average Bonchev–Trinajstić information content (AvgIpc) is 3.08. The number of fused-ring (bicyclic) bond motifs is 1. The molecule has 1 aliphatic heterocycles. The molecule has 1 saturated heterocycles. The van der Waals surface area contributed by atoms with E-state index in [1.165, 1.54) is 14.2 Å². The topological polar surface area (TPSA) is 127 Å². The Labute approximate surface area is 270 Å². The molecular weight excluding hydrogens is 592 g/mol. The Kier molecular flexibility index (Phi) is 11.2. The lowest BCUT2D eigenvalue weighted by molar-refractivity contribution is -0.140. The van der Waals surface area contributed by atoms with E-state index in [1.54, 1.807) is 18.3 Å². The molecule has 2 atom stereocenters. The van der Waals surface area contributed by atoms with Gasteiger partial charge in [0.05, 0.1) is 32.0 Å². The van der Waals surface area contributed by atoms with E-state index in [1.807, 2.05) is 59.5 Å². The quantitative estimate of drug-likeness (QED) is 0.346. The molecule has 0 spiro atoms. The highest BCUT2D eigenvalue weighted by Crippen LogP contribution is 2.48. The molecule has 0 radical (unpaired) electrons.